The summed E-state index contributed by atoms with van der Waals surface area (Å²) < 4.78 is 5.18. The van der Waals surface area contributed by atoms with Crippen LogP contribution in [0.25, 0.3) is 0 Å². The molecule has 0 spiro atoms. The van der Waals surface area contributed by atoms with Gasteiger partial charge >= 0.3 is 5.97 Å². The van der Waals surface area contributed by atoms with E-state index in [4.69, 9.17) is 4.74 Å². The molecule has 20 heavy (non-hydrogen) atoms. The molecule has 110 valence electrons. The number of carbonyl (C=O) groups excluding carboxylic acids is 2. The van der Waals surface area contributed by atoms with Crippen LogP contribution in [0.5, 0.6) is 0 Å². The van der Waals surface area contributed by atoms with E-state index >= 15 is 0 Å². The van der Waals surface area contributed by atoms with Gasteiger partial charge in [0.05, 0.1) is 18.4 Å². The van der Waals surface area contributed by atoms with E-state index in [1.54, 1.807) is 0 Å². The molecule has 2 saturated heterocycles. The number of nitrogens with zero attached hydrogens (tertiary/aromatic N) is 2. The second-order valence-electron chi connectivity index (χ2n) is 6.04. The van der Waals surface area contributed by atoms with E-state index in [-0.39, 0.29) is 29.6 Å². The Morgan fingerprint density at radius 1 is 1.30 bits per heavy atom. The number of amides is 1. The smallest absolute Gasteiger partial charge is 0.310 e. The summed E-state index contributed by atoms with van der Waals surface area (Å²) in [4.78, 5) is 28.9. The summed E-state index contributed by atoms with van der Waals surface area (Å²) in [5.74, 6) is -0.345. The molecular weight excluding hydrogens is 256 g/mol. The third-order valence-electron chi connectivity index (χ3n) is 4.77. The van der Waals surface area contributed by atoms with Gasteiger partial charge in [-0.3, -0.25) is 9.59 Å². The van der Waals surface area contributed by atoms with Crippen LogP contribution in [0.3, 0.4) is 0 Å². The second kappa shape index (κ2) is 5.56. The number of piperazine rings is 1. The molecule has 0 aromatic heterocycles. The molecule has 0 aromatic carbocycles. The first kappa shape index (κ1) is 13.6. The molecule has 1 amide bonds. The number of allylic oxidation sites excluding steroid dienone is 2. The lowest BCUT2D eigenvalue weighted by molar-refractivity contribution is -0.163. The third-order valence-corrected chi connectivity index (χ3v) is 4.77. The van der Waals surface area contributed by atoms with Gasteiger partial charge in [0.1, 0.15) is 0 Å². The molecule has 2 heterocycles. The van der Waals surface area contributed by atoms with E-state index in [1.165, 1.54) is 0 Å². The Morgan fingerprint density at radius 2 is 2.05 bits per heavy atom. The lowest BCUT2D eigenvalue weighted by Gasteiger charge is -2.40. The van der Waals surface area contributed by atoms with E-state index in [2.05, 4.69) is 24.1 Å². The van der Waals surface area contributed by atoms with Crippen LogP contribution in [-0.2, 0) is 14.3 Å². The summed E-state index contributed by atoms with van der Waals surface area (Å²) in [7, 11) is 2.07. The summed E-state index contributed by atoms with van der Waals surface area (Å²) in [6.07, 6.45) is 5.68. The first-order chi connectivity index (χ1) is 9.66. The molecular formula is C15H22N2O3. The summed E-state index contributed by atoms with van der Waals surface area (Å²) in [5.41, 5.74) is 0. The standard InChI is InChI=1S/C15H22N2O3/c1-16-6-8-17(9-7-16)14(18)12-4-2-3-11-5-10-20-15(19)13(11)12/h2-3,11-13H,4-10H2,1H3/t11-,12-,13+/m1/s1. The van der Waals surface area contributed by atoms with Gasteiger partial charge in [-0.05, 0) is 25.8 Å². The molecule has 5 nitrogen and oxygen atoms in total. The Labute approximate surface area is 119 Å². The summed E-state index contributed by atoms with van der Waals surface area (Å²) in [5, 5.41) is 0. The zero-order valence-corrected chi connectivity index (χ0v) is 12.0. The van der Waals surface area contributed by atoms with Gasteiger partial charge in [-0.1, -0.05) is 12.2 Å². The normalized spacial score (nSPS) is 34.5. The topological polar surface area (TPSA) is 49.9 Å². The molecule has 0 radical (unpaired) electrons. The predicted octanol–water partition coefficient (Wildman–Crippen LogP) is 0.516. The van der Waals surface area contributed by atoms with Gasteiger partial charge in [0, 0.05) is 26.2 Å². The van der Waals surface area contributed by atoms with E-state index < -0.39 is 0 Å². The Bertz CT molecular complexity index is 427. The highest BCUT2D eigenvalue weighted by atomic mass is 16.5. The lowest BCUT2D eigenvalue weighted by Crippen LogP contribution is -2.52. The molecule has 5 heteroatoms. The van der Waals surface area contributed by atoms with Crippen molar-refractivity contribution in [2.75, 3.05) is 39.8 Å². The summed E-state index contributed by atoms with van der Waals surface area (Å²) >= 11 is 0. The second-order valence-corrected chi connectivity index (χ2v) is 6.04. The Hall–Kier alpha value is -1.36. The Kier molecular flexibility index (Phi) is 3.78. The van der Waals surface area contributed by atoms with E-state index in [0.717, 1.165) is 32.6 Å². The fourth-order valence-electron chi connectivity index (χ4n) is 3.49. The summed E-state index contributed by atoms with van der Waals surface area (Å²) in [6.45, 7) is 3.84. The van der Waals surface area contributed by atoms with Crippen molar-refractivity contribution in [1.82, 2.24) is 9.80 Å². The highest BCUT2D eigenvalue weighted by Crippen LogP contribution is 2.37. The molecule has 0 unspecified atom stereocenters. The molecule has 3 atom stereocenters. The van der Waals surface area contributed by atoms with Crippen LogP contribution in [0.2, 0.25) is 0 Å². The maximum Gasteiger partial charge on any atom is 0.310 e. The van der Waals surface area contributed by atoms with Crippen LogP contribution >= 0.6 is 0 Å². The van der Waals surface area contributed by atoms with Gasteiger partial charge in [-0.2, -0.15) is 0 Å². The maximum absolute atomic E-state index is 12.7. The quantitative estimate of drug-likeness (QED) is 0.518. The van der Waals surface area contributed by atoms with Crippen molar-refractivity contribution < 1.29 is 14.3 Å². The van der Waals surface area contributed by atoms with Crippen molar-refractivity contribution in [3.05, 3.63) is 12.2 Å². The average molecular weight is 278 g/mol. The third kappa shape index (κ3) is 2.46. The molecule has 0 bridgehead atoms. The minimum atomic E-state index is -0.263. The highest BCUT2D eigenvalue weighted by molar-refractivity contribution is 5.86. The van der Waals surface area contributed by atoms with Crippen molar-refractivity contribution in [2.45, 2.75) is 12.8 Å². The molecule has 3 rings (SSSR count). The number of ether oxygens (including phenoxy) is 1. The molecule has 0 N–H and O–H groups in total. The van der Waals surface area contributed by atoms with Crippen LogP contribution in [0.1, 0.15) is 12.8 Å². The molecule has 1 aliphatic carbocycles. The molecule has 2 fully saturated rings. The lowest BCUT2D eigenvalue weighted by atomic mass is 9.73. The number of hydrogen-bond donors (Lipinski definition) is 0. The first-order valence-corrected chi connectivity index (χ1v) is 7.47. The summed E-state index contributed by atoms with van der Waals surface area (Å²) in [6, 6.07) is 0. The van der Waals surface area contributed by atoms with Crippen molar-refractivity contribution in [3.63, 3.8) is 0 Å². The average Bonchev–Trinajstić information content (AvgIpc) is 2.47. The number of esters is 1. The van der Waals surface area contributed by atoms with E-state index in [1.807, 2.05) is 4.90 Å². The fraction of sp³-hybridized carbons (Fsp3) is 0.733. The van der Waals surface area contributed by atoms with Gasteiger partial charge < -0.3 is 14.5 Å². The van der Waals surface area contributed by atoms with Crippen LogP contribution in [0.15, 0.2) is 12.2 Å². The van der Waals surface area contributed by atoms with Crippen molar-refractivity contribution >= 4 is 11.9 Å². The SMILES string of the molecule is CN1CCN(C(=O)[C@@H]2CC=C[C@@H]3CCOC(=O)[C@@H]32)CC1. The van der Waals surface area contributed by atoms with Crippen molar-refractivity contribution in [2.24, 2.45) is 17.8 Å². The fourth-order valence-corrected chi connectivity index (χ4v) is 3.49. The first-order valence-electron chi connectivity index (χ1n) is 7.47. The minimum Gasteiger partial charge on any atom is -0.465 e. The number of rotatable bonds is 1. The van der Waals surface area contributed by atoms with Crippen LogP contribution in [-0.4, -0.2) is 61.5 Å². The van der Waals surface area contributed by atoms with Gasteiger partial charge in [0.25, 0.3) is 0 Å². The molecule has 2 aliphatic heterocycles. The monoisotopic (exact) mass is 278 g/mol. The van der Waals surface area contributed by atoms with E-state index in [0.29, 0.717) is 13.0 Å². The van der Waals surface area contributed by atoms with E-state index in [9.17, 15) is 9.59 Å². The van der Waals surface area contributed by atoms with Gasteiger partial charge in [0.15, 0.2) is 0 Å². The number of likely N-dealkylation sites (N-methyl/N-ethyl adjacent to an activating group) is 1. The Balaban J connectivity index is 1.73. The van der Waals surface area contributed by atoms with Gasteiger partial charge in [-0.15, -0.1) is 0 Å². The zero-order chi connectivity index (χ0) is 14.1. The van der Waals surface area contributed by atoms with Crippen molar-refractivity contribution in [3.8, 4) is 0 Å². The van der Waals surface area contributed by atoms with Gasteiger partial charge in [0.2, 0.25) is 5.91 Å². The number of cyclic esters (lactones) is 1. The predicted molar refractivity (Wildman–Crippen MR) is 73.9 cm³/mol. The zero-order valence-electron chi connectivity index (χ0n) is 12.0. The van der Waals surface area contributed by atoms with Crippen molar-refractivity contribution in [1.29, 1.82) is 0 Å². The van der Waals surface area contributed by atoms with Crippen LogP contribution in [0.4, 0.5) is 0 Å². The van der Waals surface area contributed by atoms with Gasteiger partial charge in [-0.25, -0.2) is 0 Å². The number of fused-ring (bicyclic) bond motifs is 1. The Morgan fingerprint density at radius 3 is 2.80 bits per heavy atom. The van der Waals surface area contributed by atoms with Crippen LogP contribution in [0, 0.1) is 17.8 Å². The maximum atomic E-state index is 12.7. The molecule has 0 aromatic rings. The minimum absolute atomic E-state index is 0.135. The largest absolute Gasteiger partial charge is 0.465 e. The molecule has 3 aliphatic rings. The number of hydrogen-bond acceptors (Lipinski definition) is 4. The molecule has 0 saturated carbocycles. The van der Waals surface area contributed by atoms with Crippen LogP contribution < -0.4 is 0 Å². The highest BCUT2D eigenvalue weighted by Gasteiger charge is 2.44. The number of carbonyl (C=O) groups is 2.